The zero-order chi connectivity index (χ0) is 24.8. The Morgan fingerprint density at radius 2 is 1.64 bits per heavy atom. The smallest absolute Gasteiger partial charge is 0.303 e. The first-order valence-corrected chi connectivity index (χ1v) is 11.8. The van der Waals surface area contributed by atoms with Crippen molar-refractivity contribution in [2.75, 3.05) is 6.61 Å². The number of hydrogen-bond donors (Lipinski definition) is 2. The van der Waals surface area contributed by atoms with Crippen LogP contribution in [-0.4, -0.2) is 69.4 Å². The third-order valence-corrected chi connectivity index (χ3v) is 6.16. The summed E-state index contributed by atoms with van der Waals surface area (Å²) in [4.78, 5) is 35.9. The quantitative estimate of drug-likeness (QED) is 0.219. The van der Waals surface area contributed by atoms with Crippen LogP contribution in [0.3, 0.4) is 0 Å². The van der Waals surface area contributed by atoms with Gasteiger partial charge in [-0.05, 0) is 12.1 Å². The van der Waals surface area contributed by atoms with Gasteiger partial charge in [0.05, 0.1) is 6.04 Å². The molecule has 2 rings (SSSR count). The van der Waals surface area contributed by atoms with Gasteiger partial charge in [-0.25, -0.2) is 0 Å². The molecule has 0 aliphatic carbocycles. The topological polar surface area (TPSA) is 120 Å². The van der Waals surface area contributed by atoms with E-state index in [1.165, 1.54) is 25.6 Å². The molecule has 0 unspecified atom stereocenters. The van der Waals surface area contributed by atoms with Crippen molar-refractivity contribution in [3.05, 3.63) is 30.3 Å². The molecule has 0 aromatic heterocycles. The average molecular weight is 545 g/mol. The van der Waals surface area contributed by atoms with Crippen molar-refractivity contribution < 1.29 is 38.4 Å². The maximum absolute atomic E-state index is 11.9. The van der Waals surface area contributed by atoms with Gasteiger partial charge in [0.2, 0.25) is 3.79 Å². The summed E-state index contributed by atoms with van der Waals surface area (Å²) in [5, 5.41) is 13.1. The summed E-state index contributed by atoms with van der Waals surface area (Å²) in [7, 11) is 0. The molecule has 0 radical (unpaired) electrons. The number of halogens is 3. The van der Waals surface area contributed by atoms with Crippen LogP contribution in [-0.2, 0) is 33.3 Å². The molecule has 6 atom stereocenters. The number of esters is 3. The molecular weight excluding hydrogens is 521 g/mol. The van der Waals surface area contributed by atoms with Gasteiger partial charge in [0.25, 0.3) is 0 Å². The normalized spacial score (nSPS) is 26.2. The van der Waals surface area contributed by atoms with Gasteiger partial charge in [0.1, 0.15) is 18.1 Å². The fourth-order valence-corrected chi connectivity index (χ4v) is 4.44. The van der Waals surface area contributed by atoms with Gasteiger partial charge < -0.3 is 24.1 Å². The molecule has 9 nitrogen and oxygen atoms in total. The molecule has 2 N–H and O–H groups in total. The summed E-state index contributed by atoms with van der Waals surface area (Å²) >= 11 is 18.7. The van der Waals surface area contributed by atoms with Crippen LogP contribution in [0.5, 0.6) is 0 Å². The molecule has 0 saturated carbocycles. The van der Waals surface area contributed by atoms with Gasteiger partial charge in [0, 0.05) is 25.7 Å². The number of benzene rings is 1. The van der Waals surface area contributed by atoms with Crippen molar-refractivity contribution in [3.8, 4) is 0 Å². The molecule has 0 bridgehead atoms. The van der Waals surface area contributed by atoms with Crippen LogP contribution in [0.25, 0.3) is 0 Å². The van der Waals surface area contributed by atoms with Crippen LogP contribution in [0.4, 0.5) is 0 Å². The Morgan fingerprint density at radius 3 is 2.15 bits per heavy atom. The van der Waals surface area contributed by atoms with E-state index >= 15 is 0 Å². The summed E-state index contributed by atoms with van der Waals surface area (Å²) in [6.07, 6.45) is -5.08. The number of ether oxygens (including phenoxy) is 4. The van der Waals surface area contributed by atoms with Crippen LogP contribution in [0.1, 0.15) is 20.8 Å². The first-order chi connectivity index (χ1) is 15.4. The molecule has 13 heteroatoms. The Morgan fingerprint density at radius 1 is 1.06 bits per heavy atom. The van der Waals surface area contributed by atoms with Crippen molar-refractivity contribution in [2.45, 2.75) is 65.5 Å². The van der Waals surface area contributed by atoms with Crippen molar-refractivity contribution >= 4 is 64.5 Å². The van der Waals surface area contributed by atoms with E-state index in [0.29, 0.717) is 0 Å². The first-order valence-electron chi connectivity index (χ1n) is 9.74. The van der Waals surface area contributed by atoms with Gasteiger partial charge >= 0.3 is 17.9 Å². The summed E-state index contributed by atoms with van der Waals surface area (Å²) in [5.74, 6) is -1.96. The second kappa shape index (κ2) is 12.4. The zero-order valence-corrected chi connectivity index (χ0v) is 21.0. The fourth-order valence-electron chi connectivity index (χ4n) is 3.09. The minimum atomic E-state index is -2.13. The Bertz CT molecular complexity index is 825. The van der Waals surface area contributed by atoms with E-state index in [4.69, 9.17) is 53.8 Å². The van der Waals surface area contributed by atoms with E-state index in [2.05, 4.69) is 5.32 Å². The highest BCUT2D eigenvalue weighted by Gasteiger charge is 2.52. The van der Waals surface area contributed by atoms with Crippen molar-refractivity contribution in [2.24, 2.45) is 0 Å². The lowest BCUT2D eigenvalue weighted by atomic mass is 9.97. The minimum absolute atomic E-state index is 0.281. The molecule has 1 saturated heterocycles. The Kier molecular flexibility index (Phi) is 10.5. The van der Waals surface area contributed by atoms with E-state index < -0.39 is 57.7 Å². The third-order valence-electron chi connectivity index (χ3n) is 4.36. The predicted octanol–water partition coefficient (Wildman–Crippen LogP) is 2.58. The molecular formula is C20H24Cl3NO8S. The van der Waals surface area contributed by atoms with Gasteiger partial charge in [-0.1, -0.05) is 64.8 Å². The Hall–Kier alpha value is -1.27. The van der Waals surface area contributed by atoms with Crippen LogP contribution >= 0.6 is 46.6 Å². The molecule has 1 aromatic carbocycles. The molecule has 184 valence electrons. The average Bonchev–Trinajstić information content (AvgIpc) is 2.70. The van der Waals surface area contributed by atoms with Crippen molar-refractivity contribution in [1.29, 1.82) is 0 Å². The second-order valence-electron chi connectivity index (χ2n) is 7.06. The molecule has 0 amide bonds. The largest absolute Gasteiger partial charge is 0.463 e. The van der Waals surface area contributed by atoms with Crippen molar-refractivity contribution in [3.63, 3.8) is 0 Å². The number of alkyl halides is 3. The minimum Gasteiger partial charge on any atom is -0.463 e. The number of thioether (sulfide) groups is 1. The molecule has 1 fully saturated rings. The summed E-state index contributed by atoms with van der Waals surface area (Å²) in [6, 6.07) is 8.07. The second-order valence-corrected chi connectivity index (χ2v) is 10.6. The highest BCUT2D eigenvalue weighted by molar-refractivity contribution is 7.99. The molecule has 1 heterocycles. The third kappa shape index (κ3) is 8.79. The van der Waals surface area contributed by atoms with Gasteiger partial charge in [0.15, 0.2) is 18.4 Å². The predicted molar refractivity (Wildman–Crippen MR) is 122 cm³/mol. The van der Waals surface area contributed by atoms with Gasteiger partial charge in [-0.3, -0.25) is 19.7 Å². The number of hydrogen-bond acceptors (Lipinski definition) is 10. The molecule has 0 spiro atoms. The Balaban J connectivity index is 2.48. The highest BCUT2D eigenvalue weighted by atomic mass is 35.6. The maximum atomic E-state index is 11.9. The number of nitrogens with one attached hydrogen (secondary N) is 1. The lowest BCUT2D eigenvalue weighted by Crippen LogP contribution is -2.67. The number of carbonyl (C=O) groups is 3. The maximum Gasteiger partial charge on any atom is 0.303 e. The van der Waals surface area contributed by atoms with E-state index in [9.17, 15) is 19.5 Å². The Labute approximate surface area is 210 Å². The van der Waals surface area contributed by atoms with Crippen LogP contribution in [0.15, 0.2) is 35.2 Å². The fraction of sp³-hybridized carbons (Fsp3) is 0.550. The standard InChI is InChI=1S/C20H24Cl3NO8S/c1-10(25)29-9-14-16(30-11(2)26)17(31-12(3)27)15(24-19(28)20(21,22)23)18(32-14)33-13-7-5-4-6-8-13/h4-8,14-19,24,28H,9H2,1-3H3/t14-,15+,16+,17-,18+,19+/m0/s1. The molecule has 1 aromatic rings. The lowest BCUT2D eigenvalue weighted by molar-refractivity contribution is -0.214. The number of aliphatic hydroxyl groups excluding tert-OH is 1. The van der Waals surface area contributed by atoms with E-state index in [1.807, 2.05) is 30.3 Å². The lowest BCUT2D eigenvalue weighted by Gasteiger charge is -2.46. The molecule has 1 aliphatic heterocycles. The van der Waals surface area contributed by atoms with Crippen molar-refractivity contribution in [1.82, 2.24) is 5.32 Å². The van der Waals surface area contributed by atoms with Crippen LogP contribution in [0, 0.1) is 0 Å². The summed E-state index contributed by atoms with van der Waals surface area (Å²) < 4.78 is 19.9. The first kappa shape index (κ1) is 28.0. The SMILES string of the molecule is CC(=O)OC[C@@H]1O[C@H](Sc2ccccc2)[C@H](N[C@H](O)C(Cl)(Cl)Cl)[C@H](OC(C)=O)[C@@H]1OC(C)=O. The number of rotatable bonds is 8. The van der Waals surface area contributed by atoms with E-state index in [1.54, 1.807) is 0 Å². The summed E-state index contributed by atoms with van der Waals surface area (Å²) in [6.45, 7) is 3.27. The van der Waals surface area contributed by atoms with Crippen LogP contribution in [0.2, 0.25) is 0 Å². The summed E-state index contributed by atoms with van der Waals surface area (Å²) in [5.41, 5.74) is -0.855. The van der Waals surface area contributed by atoms with E-state index in [-0.39, 0.29) is 6.61 Å². The molecule has 1 aliphatic rings. The zero-order valence-electron chi connectivity index (χ0n) is 17.9. The number of carbonyl (C=O) groups excluding carboxylic acids is 3. The van der Waals surface area contributed by atoms with Crippen LogP contribution < -0.4 is 5.32 Å². The molecule has 33 heavy (non-hydrogen) atoms. The highest BCUT2D eigenvalue weighted by Crippen LogP contribution is 2.37. The van der Waals surface area contributed by atoms with Gasteiger partial charge in [-0.15, -0.1) is 0 Å². The van der Waals surface area contributed by atoms with E-state index in [0.717, 1.165) is 11.8 Å². The van der Waals surface area contributed by atoms with Gasteiger partial charge in [-0.2, -0.15) is 0 Å². The number of aliphatic hydroxyl groups is 1. The monoisotopic (exact) mass is 543 g/mol.